The number of ketones is 1. The number of rotatable bonds is 8. The molecular weight excluding hydrogens is 617 g/mol. The summed E-state index contributed by atoms with van der Waals surface area (Å²) in [7, 11) is 0. The van der Waals surface area contributed by atoms with Gasteiger partial charge in [-0.05, 0) is 95.1 Å². The van der Waals surface area contributed by atoms with Crippen molar-refractivity contribution in [1.82, 2.24) is 29.9 Å². The molecule has 50 heavy (non-hydrogen) atoms. The Morgan fingerprint density at radius 1 is 0.320 bits per heavy atom. The molecule has 0 amide bonds. The second kappa shape index (κ2) is 13.6. The minimum atomic E-state index is -0.0562. The molecule has 0 saturated carbocycles. The molecule has 0 N–H and O–H groups in total. The van der Waals surface area contributed by atoms with Gasteiger partial charge in [0.2, 0.25) is 0 Å². The maximum absolute atomic E-state index is 13.6. The van der Waals surface area contributed by atoms with Crippen molar-refractivity contribution < 1.29 is 4.79 Å². The van der Waals surface area contributed by atoms with Crippen LogP contribution in [0.3, 0.4) is 0 Å². The van der Waals surface area contributed by atoms with Crippen LogP contribution in [0.5, 0.6) is 0 Å². The molecule has 0 radical (unpaired) electrons. The van der Waals surface area contributed by atoms with E-state index in [0.29, 0.717) is 11.1 Å². The zero-order valence-electron chi connectivity index (χ0n) is 26.8. The van der Waals surface area contributed by atoms with E-state index in [1.54, 1.807) is 24.8 Å². The number of carbonyl (C=O) groups excluding carboxylic acids is 1. The van der Waals surface area contributed by atoms with E-state index in [-0.39, 0.29) is 5.78 Å². The van der Waals surface area contributed by atoms with Crippen LogP contribution in [0.15, 0.2) is 170 Å². The second-order valence-corrected chi connectivity index (χ2v) is 11.6. The zero-order chi connectivity index (χ0) is 33.7. The first-order valence-electron chi connectivity index (χ1n) is 16.1. The fourth-order valence-corrected chi connectivity index (χ4v) is 5.77. The van der Waals surface area contributed by atoms with E-state index < -0.39 is 0 Å². The van der Waals surface area contributed by atoms with E-state index in [0.717, 1.165) is 67.8 Å². The molecular formula is C43H28N6O. The van der Waals surface area contributed by atoms with Gasteiger partial charge in [0.25, 0.3) is 0 Å². The molecule has 0 unspecified atom stereocenters. The summed E-state index contributed by atoms with van der Waals surface area (Å²) in [5, 5.41) is 0. The molecule has 0 fully saturated rings. The summed E-state index contributed by atoms with van der Waals surface area (Å²) in [6.45, 7) is 0. The Bertz CT molecular complexity index is 2120. The van der Waals surface area contributed by atoms with Gasteiger partial charge in [-0.3, -0.25) is 24.7 Å². The van der Waals surface area contributed by atoms with Gasteiger partial charge in [0.15, 0.2) is 5.78 Å². The molecule has 6 heterocycles. The van der Waals surface area contributed by atoms with Gasteiger partial charge in [-0.1, -0.05) is 72.8 Å². The largest absolute Gasteiger partial charge is 0.289 e. The monoisotopic (exact) mass is 644 g/mol. The summed E-state index contributed by atoms with van der Waals surface area (Å²) >= 11 is 0. The van der Waals surface area contributed by atoms with Crippen molar-refractivity contribution in [3.05, 3.63) is 182 Å². The van der Waals surface area contributed by atoms with E-state index in [1.165, 1.54) is 0 Å². The highest BCUT2D eigenvalue weighted by Crippen LogP contribution is 2.31. The van der Waals surface area contributed by atoms with Crippen molar-refractivity contribution in [2.24, 2.45) is 0 Å². The van der Waals surface area contributed by atoms with Gasteiger partial charge in [-0.25, -0.2) is 9.97 Å². The third-order valence-corrected chi connectivity index (χ3v) is 8.32. The van der Waals surface area contributed by atoms with Gasteiger partial charge in [-0.2, -0.15) is 0 Å². The first-order chi connectivity index (χ1) is 24.7. The summed E-state index contributed by atoms with van der Waals surface area (Å²) in [4.78, 5) is 41.4. The predicted octanol–water partition coefficient (Wildman–Crippen LogP) is 9.29. The van der Waals surface area contributed by atoms with Crippen LogP contribution in [0.4, 0.5) is 0 Å². The van der Waals surface area contributed by atoms with E-state index in [4.69, 9.17) is 9.97 Å². The van der Waals surface area contributed by atoms with E-state index in [2.05, 4.69) is 19.9 Å². The zero-order valence-corrected chi connectivity index (χ0v) is 26.8. The van der Waals surface area contributed by atoms with E-state index in [1.807, 2.05) is 146 Å². The molecule has 7 heteroatoms. The highest BCUT2D eigenvalue weighted by atomic mass is 16.1. The number of hydrogen-bond acceptors (Lipinski definition) is 7. The van der Waals surface area contributed by atoms with Crippen LogP contribution in [-0.4, -0.2) is 35.7 Å². The highest BCUT2D eigenvalue weighted by Gasteiger charge is 2.14. The van der Waals surface area contributed by atoms with Gasteiger partial charge >= 0.3 is 0 Å². The molecule has 0 saturated heterocycles. The minimum Gasteiger partial charge on any atom is -0.289 e. The van der Waals surface area contributed by atoms with Crippen LogP contribution in [0.1, 0.15) is 15.9 Å². The minimum absolute atomic E-state index is 0.0562. The predicted molar refractivity (Wildman–Crippen MR) is 196 cm³/mol. The Balaban J connectivity index is 1.08. The number of benzene rings is 2. The quantitative estimate of drug-likeness (QED) is 0.152. The molecule has 0 spiro atoms. The third-order valence-electron chi connectivity index (χ3n) is 8.32. The molecule has 8 rings (SSSR count). The molecule has 236 valence electrons. The van der Waals surface area contributed by atoms with Crippen molar-refractivity contribution in [1.29, 1.82) is 0 Å². The van der Waals surface area contributed by atoms with Crippen molar-refractivity contribution in [2.75, 3.05) is 0 Å². The smallest absolute Gasteiger partial charge is 0.193 e. The fourth-order valence-electron chi connectivity index (χ4n) is 5.77. The lowest BCUT2D eigenvalue weighted by Crippen LogP contribution is -2.01. The summed E-state index contributed by atoms with van der Waals surface area (Å²) in [6.07, 6.45) is 7.03. The Labute approximate surface area is 289 Å². The molecule has 0 aliphatic carbocycles. The molecule has 0 atom stereocenters. The van der Waals surface area contributed by atoms with Crippen molar-refractivity contribution in [2.45, 2.75) is 0 Å². The lowest BCUT2D eigenvalue weighted by atomic mass is 9.96. The molecule has 6 aromatic heterocycles. The highest BCUT2D eigenvalue weighted by molar-refractivity contribution is 6.09. The Kier molecular flexibility index (Phi) is 8.27. The standard InChI is InChI=1S/C43H28N6O/c50-43(31-17-13-29(14-18-31)33-25-39(35-9-1-5-21-44-35)48-40(26-33)36-10-2-6-22-45-36)32-19-15-30(16-20-32)34-27-41(37-11-3-7-23-46-37)49-42(28-34)38-12-4-8-24-47-38/h1-28H. The normalized spacial score (nSPS) is 10.9. The Morgan fingerprint density at radius 2 is 0.620 bits per heavy atom. The maximum atomic E-state index is 13.6. The Morgan fingerprint density at radius 3 is 0.880 bits per heavy atom. The van der Waals surface area contributed by atoms with E-state index in [9.17, 15) is 4.79 Å². The number of carbonyl (C=O) groups is 1. The molecule has 0 bridgehead atoms. The third kappa shape index (κ3) is 6.43. The van der Waals surface area contributed by atoms with Gasteiger partial charge in [0.1, 0.15) is 0 Å². The summed E-state index contributed by atoms with van der Waals surface area (Å²) in [5.41, 5.74) is 11.1. The maximum Gasteiger partial charge on any atom is 0.193 e. The number of hydrogen-bond donors (Lipinski definition) is 0. The SMILES string of the molecule is O=C(c1ccc(-c2cc(-c3ccccn3)nc(-c3ccccn3)c2)cc1)c1ccc(-c2cc(-c3ccccn3)nc(-c3ccccn3)c2)cc1. The summed E-state index contributed by atoms with van der Waals surface area (Å²) in [5.74, 6) is -0.0562. The topological polar surface area (TPSA) is 94.4 Å². The summed E-state index contributed by atoms with van der Waals surface area (Å²) < 4.78 is 0. The number of aromatic nitrogens is 6. The van der Waals surface area contributed by atoms with Crippen LogP contribution in [0, 0.1) is 0 Å². The van der Waals surface area contributed by atoms with Crippen molar-refractivity contribution in [3.63, 3.8) is 0 Å². The van der Waals surface area contributed by atoms with Gasteiger partial charge in [0.05, 0.1) is 45.6 Å². The van der Waals surface area contributed by atoms with Crippen LogP contribution in [0.2, 0.25) is 0 Å². The molecule has 0 aliphatic heterocycles. The average molecular weight is 645 g/mol. The van der Waals surface area contributed by atoms with Gasteiger partial charge in [0, 0.05) is 35.9 Å². The fraction of sp³-hybridized carbons (Fsp3) is 0. The molecule has 7 nitrogen and oxygen atoms in total. The lowest BCUT2D eigenvalue weighted by molar-refractivity contribution is 0.103. The van der Waals surface area contributed by atoms with Crippen LogP contribution >= 0.6 is 0 Å². The van der Waals surface area contributed by atoms with E-state index >= 15 is 0 Å². The molecule has 8 aromatic rings. The van der Waals surface area contributed by atoms with Crippen molar-refractivity contribution >= 4 is 5.78 Å². The Hall–Kier alpha value is -6.99. The average Bonchev–Trinajstić information content (AvgIpc) is 3.21. The first kappa shape index (κ1) is 30.4. The molecule has 2 aromatic carbocycles. The summed E-state index contributed by atoms with van der Waals surface area (Å²) in [6, 6.07) is 46.5. The van der Waals surface area contributed by atoms with Gasteiger partial charge < -0.3 is 0 Å². The first-order valence-corrected chi connectivity index (χ1v) is 16.1. The van der Waals surface area contributed by atoms with Gasteiger partial charge in [-0.15, -0.1) is 0 Å². The van der Waals surface area contributed by atoms with Crippen molar-refractivity contribution in [3.8, 4) is 67.8 Å². The lowest BCUT2D eigenvalue weighted by Gasteiger charge is -2.11. The van der Waals surface area contributed by atoms with Crippen LogP contribution < -0.4 is 0 Å². The number of pyridine rings is 6. The van der Waals surface area contributed by atoms with Crippen LogP contribution in [-0.2, 0) is 0 Å². The van der Waals surface area contributed by atoms with Crippen LogP contribution in [0.25, 0.3) is 67.8 Å². The second-order valence-electron chi connectivity index (χ2n) is 11.6. The number of nitrogens with zero attached hydrogens (tertiary/aromatic N) is 6. The molecule has 0 aliphatic rings.